The molecule has 3 heteroatoms. The van der Waals surface area contributed by atoms with Gasteiger partial charge in [-0.15, -0.1) is 0 Å². The largest absolute Gasteiger partial charge is 0.283 e. The van der Waals surface area contributed by atoms with Gasteiger partial charge in [-0.05, 0) is 6.42 Å². The molecular weight excluding hydrogens is 116 g/mol. The maximum absolute atomic E-state index is 10.2. The van der Waals surface area contributed by atoms with Gasteiger partial charge >= 0.3 is 0 Å². The summed E-state index contributed by atoms with van der Waals surface area (Å²) >= 11 is 0. The Morgan fingerprint density at radius 1 is 1.44 bits per heavy atom. The highest BCUT2D eigenvalue weighted by Gasteiger charge is 1.95. The number of nitrogens with zero attached hydrogens (tertiary/aromatic N) is 2. The lowest BCUT2D eigenvalue weighted by atomic mass is 10.2. The van der Waals surface area contributed by atoms with Gasteiger partial charge in [-0.25, -0.2) is 0 Å². The smallest absolute Gasteiger partial charge is 0.231 e. The summed E-state index contributed by atoms with van der Waals surface area (Å²) in [5, 5.41) is 16.0. The molecule has 0 amide bonds. The molecule has 3 nitrogen and oxygen atoms in total. The number of carbonyl (C=O) groups excluding carboxylic acids is 1. The van der Waals surface area contributed by atoms with Crippen LogP contribution in [0.15, 0.2) is 0 Å². The normalized spacial score (nSPS) is 7.33. The van der Waals surface area contributed by atoms with Crippen molar-refractivity contribution in [1.29, 1.82) is 10.5 Å². The van der Waals surface area contributed by atoms with Gasteiger partial charge in [-0.2, -0.15) is 10.5 Å². The number of hydrogen-bond acceptors (Lipinski definition) is 3. The minimum Gasteiger partial charge on any atom is -0.283 e. The molecule has 0 saturated carbocycles. The average Bonchev–Trinajstić information content (AvgIpc) is 1.89. The summed E-state index contributed by atoms with van der Waals surface area (Å²) in [6.45, 7) is 0. The highest BCUT2D eigenvalue weighted by atomic mass is 16.1. The maximum atomic E-state index is 10.2. The minimum atomic E-state index is -0.440. The van der Waals surface area contributed by atoms with Gasteiger partial charge in [0.2, 0.25) is 5.78 Å². The van der Waals surface area contributed by atoms with Crippen molar-refractivity contribution in [1.82, 2.24) is 0 Å². The van der Waals surface area contributed by atoms with Crippen LogP contribution in [-0.4, -0.2) is 5.78 Å². The molecule has 46 valence electrons. The molecule has 0 N–H and O–H groups in total. The van der Waals surface area contributed by atoms with Crippen molar-refractivity contribution in [3.8, 4) is 12.1 Å². The average molecular weight is 122 g/mol. The van der Waals surface area contributed by atoms with Crippen LogP contribution in [0.3, 0.4) is 0 Å². The number of nitriles is 2. The zero-order valence-electron chi connectivity index (χ0n) is 4.92. The highest BCUT2D eigenvalue weighted by molar-refractivity contribution is 5.93. The van der Waals surface area contributed by atoms with Crippen LogP contribution in [0, 0.1) is 22.7 Å². The van der Waals surface area contributed by atoms with Gasteiger partial charge in [0.05, 0.1) is 6.07 Å². The Morgan fingerprint density at radius 3 is 2.56 bits per heavy atom. The van der Waals surface area contributed by atoms with E-state index in [4.69, 9.17) is 10.5 Å². The molecule has 0 heterocycles. The molecule has 0 aromatic rings. The first-order valence-corrected chi connectivity index (χ1v) is 2.61. The molecule has 0 bridgehead atoms. The molecule has 0 atom stereocenters. The van der Waals surface area contributed by atoms with E-state index < -0.39 is 5.78 Å². The number of Topliss-reactive ketones (excluding diaryl/α,β-unsaturated/α-hetero) is 1. The predicted molar refractivity (Wildman–Crippen MR) is 30.1 cm³/mol. The van der Waals surface area contributed by atoms with E-state index in [0.717, 1.165) is 0 Å². The Labute approximate surface area is 53.5 Å². The quantitative estimate of drug-likeness (QED) is 0.410. The summed E-state index contributed by atoms with van der Waals surface area (Å²) in [4.78, 5) is 10.2. The summed E-state index contributed by atoms with van der Waals surface area (Å²) in [6.07, 6.45) is 1.07. The van der Waals surface area contributed by atoms with E-state index in [2.05, 4.69) is 0 Å². The van der Waals surface area contributed by atoms with Crippen molar-refractivity contribution in [2.45, 2.75) is 19.3 Å². The molecule has 0 aliphatic rings. The lowest BCUT2D eigenvalue weighted by Crippen LogP contribution is -1.90. The monoisotopic (exact) mass is 122 g/mol. The second kappa shape index (κ2) is 4.80. The summed E-state index contributed by atoms with van der Waals surface area (Å²) in [5.74, 6) is -0.440. The highest BCUT2D eigenvalue weighted by Crippen LogP contribution is 1.93. The fourth-order valence-electron chi connectivity index (χ4n) is 0.384. The standard InChI is InChI=1S/C6H6N2O/c7-4-2-1-3-6(9)5-8/h1-3H2. The molecule has 0 aliphatic heterocycles. The second-order valence-electron chi connectivity index (χ2n) is 1.55. The topological polar surface area (TPSA) is 64.7 Å². The predicted octanol–water partition coefficient (Wildman–Crippen LogP) is 0.773. The SMILES string of the molecule is N#CCCCC(=O)C#N. The van der Waals surface area contributed by atoms with E-state index in [-0.39, 0.29) is 6.42 Å². The van der Waals surface area contributed by atoms with E-state index in [1.807, 2.05) is 6.07 Å². The molecule has 0 radical (unpaired) electrons. The fourth-order valence-corrected chi connectivity index (χ4v) is 0.384. The van der Waals surface area contributed by atoms with Crippen molar-refractivity contribution >= 4 is 5.78 Å². The van der Waals surface area contributed by atoms with E-state index in [1.54, 1.807) is 0 Å². The lowest BCUT2D eigenvalue weighted by molar-refractivity contribution is -0.114. The first-order chi connectivity index (χ1) is 4.31. The molecule has 0 saturated heterocycles. The van der Waals surface area contributed by atoms with Crippen molar-refractivity contribution in [3.63, 3.8) is 0 Å². The first kappa shape index (κ1) is 7.65. The van der Waals surface area contributed by atoms with Crippen LogP contribution in [-0.2, 0) is 4.79 Å². The van der Waals surface area contributed by atoms with E-state index in [9.17, 15) is 4.79 Å². The minimum absolute atomic E-state index is 0.212. The number of ketones is 1. The molecule has 0 aliphatic carbocycles. The fraction of sp³-hybridized carbons (Fsp3) is 0.500. The van der Waals surface area contributed by atoms with E-state index in [1.165, 1.54) is 6.07 Å². The Bertz CT molecular complexity index is 172. The summed E-state index contributed by atoms with van der Waals surface area (Å²) in [7, 11) is 0. The zero-order valence-corrected chi connectivity index (χ0v) is 4.92. The third-order valence-corrected chi connectivity index (χ3v) is 0.817. The molecule has 0 aromatic carbocycles. The molecule has 0 aromatic heterocycles. The van der Waals surface area contributed by atoms with Gasteiger partial charge in [-0.3, -0.25) is 4.79 Å². The third kappa shape index (κ3) is 4.50. The van der Waals surface area contributed by atoms with Crippen molar-refractivity contribution < 1.29 is 4.79 Å². The lowest BCUT2D eigenvalue weighted by Gasteiger charge is -1.83. The van der Waals surface area contributed by atoms with Crippen molar-refractivity contribution in [2.75, 3.05) is 0 Å². The Balaban J connectivity index is 3.23. The number of carbonyl (C=O) groups is 1. The number of hydrogen-bond donors (Lipinski definition) is 0. The number of rotatable bonds is 3. The first-order valence-electron chi connectivity index (χ1n) is 2.61. The summed E-state index contributed by atoms with van der Waals surface area (Å²) < 4.78 is 0. The van der Waals surface area contributed by atoms with Crippen molar-refractivity contribution in [3.05, 3.63) is 0 Å². The molecule has 0 spiro atoms. The van der Waals surface area contributed by atoms with Crippen LogP contribution in [0.1, 0.15) is 19.3 Å². The second-order valence-corrected chi connectivity index (χ2v) is 1.55. The van der Waals surface area contributed by atoms with Gasteiger partial charge in [0, 0.05) is 12.8 Å². The summed E-state index contributed by atoms with van der Waals surface area (Å²) in [6, 6.07) is 3.36. The third-order valence-electron chi connectivity index (χ3n) is 0.817. The van der Waals surface area contributed by atoms with Crippen molar-refractivity contribution in [2.24, 2.45) is 0 Å². The van der Waals surface area contributed by atoms with Crippen LogP contribution in [0.5, 0.6) is 0 Å². The molecule has 0 fully saturated rings. The molecule has 0 rings (SSSR count). The maximum Gasteiger partial charge on any atom is 0.231 e. The Morgan fingerprint density at radius 2 is 2.11 bits per heavy atom. The van der Waals surface area contributed by atoms with Gasteiger partial charge in [0.1, 0.15) is 6.07 Å². The Hall–Kier alpha value is -1.35. The van der Waals surface area contributed by atoms with Crippen LogP contribution >= 0.6 is 0 Å². The Kier molecular flexibility index (Phi) is 4.08. The molecular formula is C6H6N2O. The van der Waals surface area contributed by atoms with Gasteiger partial charge < -0.3 is 0 Å². The number of unbranched alkanes of at least 4 members (excludes halogenated alkanes) is 1. The van der Waals surface area contributed by atoms with Crippen LogP contribution in [0.2, 0.25) is 0 Å². The van der Waals surface area contributed by atoms with Gasteiger partial charge in [0.15, 0.2) is 0 Å². The molecule has 0 unspecified atom stereocenters. The van der Waals surface area contributed by atoms with Gasteiger partial charge in [0.25, 0.3) is 0 Å². The summed E-state index contributed by atoms with van der Waals surface area (Å²) in [5.41, 5.74) is 0. The molecule has 9 heavy (non-hydrogen) atoms. The van der Waals surface area contributed by atoms with E-state index in [0.29, 0.717) is 12.8 Å². The van der Waals surface area contributed by atoms with E-state index >= 15 is 0 Å². The zero-order chi connectivity index (χ0) is 7.11. The van der Waals surface area contributed by atoms with Crippen LogP contribution in [0.4, 0.5) is 0 Å². The van der Waals surface area contributed by atoms with Crippen LogP contribution in [0.25, 0.3) is 0 Å². The van der Waals surface area contributed by atoms with Crippen LogP contribution < -0.4 is 0 Å². The van der Waals surface area contributed by atoms with Gasteiger partial charge in [-0.1, -0.05) is 0 Å².